The number of amides is 1. The van der Waals surface area contributed by atoms with Gasteiger partial charge in [0.2, 0.25) is 0 Å². The molecule has 0 fully saturated rings. The van der Waals surface area contributed by atoms with Gasteiger partial charge in [-0.25, -0.2) is 0 Å². The van der Waals surface area contributed by atoms with Crippen LogP contribution in [0, 0.1) is 0 Å². The first-order valence-electron chi connectivity index (χ1n) is 7.37. The second kappa shape index (κ2) is 10.4. The van der Waals surface area contributed by atoms with Crippen molar-refractivity contribution >= 4 is 5.91 Å². The number of benzene rings is 1. The number of unbranched alkanes of at least 4 members (excludes halogenated alkanes) is 1. The van der Waals surface area contributed by atoms with Crippen molar-refractivity contribution in [3.05, 3.63) is 35.4 Å². The van der Waals surface area contributed by atoms with Crippen LogP contribution >= 0.6 is 0 Å². The first-order chi connectivity index (χ1) is 9.77. The Morgan fingerprint density at radius 1 is 1.15 bits per heavy atom. The molecular formula is C16H26N2O2. The predicted octanol–water partition coefficient (Wildman–Crippen LogP) is 2.34. The molecule has 0 unspecified atom stereocenters. The highest BCUT2D eigenvalue weighted by Gasteiger charge is 2.01. The third-order valence-electron chi connectivity index (χ3n) is 3.06. The predicted molar refractivity (Wildman–Crippen MR) is 81.9 cm³/mol. The van der Waals surface area contributed by atoms with E-state index in [1.165, 1.54) is 12.0 Å². The lowest BCUT2D eigenvalue weighted by molar-refractivity contribution is 0.0963. The molecular weight excluding hydrogens is 252 g/mol. The van der Waals surface area contributed by atoms with E-state index < -0.39 is 0 Å². The van der Waals surface area contributed by atoms with E-state index in [2.05, 4.69) is 17.6 Å². The van der Waals surface area contributed by atoms with Crippen LogP contribution in [0.1, 0.15) is 42.1 Å². The molecule has 1 aromatic carbocycles. The monoisotopic (exact) mass is 278 g/mol. The smallest absolute Gasteiger partial charge is 0.251 e. The topological polar surface area (TPSA) is 50.4 Å². The molecule has 0 bridgehead atoms. The molecule has 0 aliphatic rings. The summed E-state index contributed by atoms with van der Waals surface area (Å²) in [5, 5.41) is 5.99. The lowest BCUT2D eigenvalue weighted by Gasteiger charge is -2.06. The first-order valence-corrected chi connectivity index (χ1v) is 7.37. The minimum absolute atomic E-state index is 0.0475. The van der Waals surface area contributed by atoms with E-state index in [1.54, 1.807) is 7.05 Å². The highest BCUT2D eigenvalue weighted by molar-refractivity contribution is 5.93. The molecule has 0 saturated carbocycles. The van der Waals surface area contributed by atoms with Crippen LogP contribution in [0.3, 0.4) is 0 Å². The molecule has 0 spiro atoms. The molecule has 20 heavy (non-hydrogen) atoms. The van der Waals surface area contributed by atoms with Crippen molar-refractivity contribution in [3.8, 4) is 0 Å². The van der Waals surface area contributed by atoms with Crippen LogP contribution < -0.4 is 10.6 Å². The quantitative estimate of drug-likeness (QED) is 0.646. The number of nitrogens with one attached hydrogen (secondary N) is 2. The van der Waals surface area contributed by atoms with Crippen LogP contribution in [-0.4, -0.2) is 32.7 Å². The first kappa shape index (κ1) is 16.7. The van der Waals surface area contributed by atoms with Gasteiger partial charge in [-0.15, -0.1) is 0 Å². The Kier molecular flexibility index (Phi) is 8.67. The molecule has 1 rings (SSSR count). The van der Waals surface area contributed by atoms with Crippen molar-refractivity contribution < 1.29 is 9.53 Å². The van der Waals surface area contributed by atoms with Crippen LogP contribution in [0.25, 0.3) is 0 Å². The molecule has 1 amide bonds. The summed E-state index contributed by atoms with van der Waals surface area (Å²) in [5.41, 5.74) is 1.88. The molecule has 0 aromatic heterocycles. The number of carbonyl (C=O) groups is 1. The van der Waals surface area contributed by atoms with Gasteiger partial charge < -0.3 is 15.4 Å². The van der Waals surface area contributed by atoms with Gasteiger partial charge in [0.1, 0.15) is 0 Å². The summed E-state index contributed by atoms with van der Waals surface area (Å²) in [6.07, 6.45) is 3.36. The normalized spacial score (nSPS) is 10.5. The maximum Gasteiger partial charge on any atom is 0.251 e. The maximum atomic E-state index is 11.4. The van der Waals surface area contributed by atoms with Crippen LogP contribution in [0.15, 0.2) is 24.3 Å². The van der Waals surface area contributed by atoms with Crippen LogP contribution in [0.5, 0.6) is 0 Å². The number of hydrogen-bond donors (Lipinski definition) is 2. The highest BCUT2D eigenvalue weighted by Crippen LogP contribution is 2.04. The van der Waals surface area contributed by atoms with Crippen molar-refractivity contribution in [3.63, 3.8) is 0 Å². The fourth-order valence-electron chi connectivity index (χ4n) is 1.80. The van der Waals surface area contributed by atoms with Crippen molar-refractivity contribution in [2.75, 3.05) is 26.8 Å². The Hall–Kier alpha value is -1.39. The van der Waals surface area contributed by atoms with E-state index in [0.717, 1.165) is 39.1 Å². The Balaban J connectivity index is 2.11. The molecule has 4 heteroatoms. The zero-order valence-corrected chi connectivity index (χ0v) is 12.6. The largest absolute Gasteiger partial charge is 0.381 e. The molecule has 0 saturated heterocycles. The molecule has 112 valence electrons. The third kappa shape index (κ3) is 6.68. The molecule has 1 aromatic rings. The lowest BCUT2D eigenvalue weighted by Crippen LogP contribution is -2.18. The summed E-state index contributed by atoms with van der Waals surface area (Å²) in [6.45, 7) is 5.63. The van der Waals surface area contributed by atoms with E-state index >= 15 is 0 Å². The summed E-state index contributed by atoms with van der Waals surface area (Å²) >= 11 is 0. The Labute approximate surface area is 121 Å². The van der Waals surface area contributed by atoms with Crippen molar-refractivity contribution in [1.29, 1.82) is 0 Å². The van der Waals surface area contributed by atoms with E-state index in [9.17, 15) is 4.79 Å². The minimum Gasteiger partial charge on any atom is -0.381 e. The third-order valence-corrected chi connectivity index (χ3v) is 3.06. The fourth-order valence-corrected chi connectivity index (χ4v) is 1.80. The number of rotatable bonds is 10. The van der Waals surface area contributed by atoms with Crippen LogP contribution in [0.4, 0.5) is 0 Å². The summed E-state index contributed by atoms with van der Waals surface area (Å²) in [6, 6.07) is 7.66. The van der Waals surface area contributed by atoms with Crippen molar-refractivity contribution in [2.45, 2.75) is 32.7 Å². The molecule has 0 aliphatic heterocycles. The van der Waals surface area contributed by atoms with E-state index in [4.69, 9.17) is 4.74 Å². The van der Waals surface area contributed by atoms with Gasteiger partial charge in [-0.3, -0.25) is 4.79 Å². The van der Waals surface area contributed by atoms with Gasteiger partial charge in [-0.05, 0) is 37.1 Å². The molecule has 0 heterocycles. The van der Waals surface area contributed by atoms with Gasteiger partial charge in [0.25, 0.3) is 5.91 Å². The van der Waals surface area contributed by atoms with E-state index in [0.29, 0.717) is 5.56 Å². The number of hydrogen-bond acceptors (Lipinski definition) is 3. The van der Waals surface area contributed by atoms with Gasteiger partial charge in [-0.2, -0.15) is 0 Å². The van der Waals surface area contributed by atoms with Gasteiger partial charge >= 0.3 is 0 Å². The zero-order chi connectivity index (χ0) is 14.6. The molecule has 0 radical (unpaired) electrons. The minimum atomic E-state index is -0.0475. The maximum absolute atomic E-state index is 11.4. The second-order valence-electron chi connectivity index (χ2n) is 4.77. The number of ether oxygens (including phenoxy) is 1. The Morgan fingerprint density at radius 2 is 1.85 bits per heavy atom. The number of carbonyl (C=O) groups excluding carboxylic acids is 1. The summed E-state index contributed by atoms with van der Waals surface area (Å²) < 4.78 is 5.50. The standard InChI is InChI=1S/C16H26N2O2/c1-3-4-11-20-12-5-10-18-13-14-6-8-15(9-7-14)16(19)17-2/h6-9,18H,3-5,10-13H2,1-2H3,(H,17,19). The van der Waals surface area contributed by atoms with Crippen molar-refractivity contribution in [1.82, 2.24) is 10.6 Å². The Morgan fingerprint density at radius 3 is 2.50 bits per heavy atom. The molecule has 2 N–H and O–H groups in total. The van der Waals surface area contributed by atoms with Gasteiger partial charge in [0.15, 0.2) is 0 Å². The van der Waals surface area contributed by atoms with Gasteiger partial charge in [0.05, 0.1) is 0 Å². The van der Waals surface area contributed by atoms with Crippen LogP contribution in [-0.2, 0) is 11.3 Å². The van der Waals surface area contributed by atoms with Gasteiger partial charge in [0, 0.05) is 32.4 Å². The average molecular weight is 278 g/mol. The summed E-state index contributed by atoms with van der Waals surface area (Å²) in [4.78, 5) is 11.4. The Bertz CT molecular complexity index is 377. The highest BCUT2D eigenvalue weighted by atomic mass is 16.5. The SMILES string of the molecule is CCCCOCCCNCc1ccc(C(=O)NC)cc1. The molecule has 4 nitrogen and oxygen atoms in total. The van der Waals surface area contributed by atoms with Gasteiger partial charge in [-0.1, -0.05) is 25.5 Å². The van der Waals surface area contributed by atoms with E-state index in [-0.39, 0.29) is 5.91 Å². The molecule has 0 atom stereocenters. The van der Waals surface area contributed by atoms with E-state index in [1.807, 2.05) is 24.3 Å². The molecule has 0 aliphatic carbocycles. The average Bonchev–Trinajstić information content (AvgIpc) is 2.50. The fraction of sp³-hybridized carbons (Fsp3) is 0.562. The lowest BCUT2D eigenvalue weighted by atomic mass is 10.1. The second-order valence-corrected chi connectivity index (χ2v) is 4.77. The zero-order valence-electron chi connectivity index (χ0n) is 12.6. The summed E-state index contributed by atoms with van der Waals surface area (Å²) in [5.74, 6) is -0.0475. The van der Waals surface area contributed by atoms with Crippen molar-refractivity contribution in [2.24, 2.45) is 0 Å². The summed E-state index contributed by atoms with van der Waals surface area (Å²) in [7, 11) is 1.64. The van der Waals surface area contributed by atoms with Crippen LogP contribution in [0.2, 0.25) is 0 Å².